The van der Waals surface area contributed by atoms with Gasteiger partial charge in [0.1, 0.15) is 5.75 Å². The standard InChI is InChI=1S/C12H15BrO2/c1-12(2,3)11(14)15-10-7-5-4-6-9(10)8-13/h4-7H,8H2,1-3H3. The molecule has 0 aliphatic rings. The van der Waals surface area contributed by atoms with E-state index in [2.05, 4.69) is 15.9 Å². The van der Waals surface area contributed by atoms with Crippen LogP contribution in [0.2, 0.25) is 0 Å². The van der Waals surface area contributed by atoms with Crippen molar-refractivity contribution in [2.24, 2.45) is 5.41 Å². The summed E-state index contributed by atoms with van der Waals surface area (Å²) in [6.07, 6.45) is 0. The van der Waals surface area contributed by atoms with Crippen LogP contribution in [0, 0.1) is 5.41 Å². The lowest BCUT2D eigenvalue weighted by molar-refractivity contribution is -0.143. The van der Waals surface area contributed by atoms with Gasteiger partial charge in [-0.3, -0.25) is 4.79 Å². The number of hydrogen-bond acceptors (Lipinski definition) is 2. The maximum atomic E-state index is 11.7. The van der Waals surface area contributed by atoms with Gasteiger partial charge in [0, 0.05) is 10.9 Å². The van der Waals surface area contributed by atoms with E-state index in [1.165, 1.54) is 0 Å². The van der Waals surface area contributed by atoms with E-state index in [1.807, 2.05) is 39.0 Å². The van der Waals surface area contributed by atoms with Gasteiger partial charge in [0.15, 0.2) is 0 Å². The molecule has 0 spiro atoms. The Kier molecular flexibility index (Phi) is 3.91. The lowest BCUT2D eigenvalue weighted by Crippen LogP contribution is -2.25. The van der Waals surface area contributed by atoms with E-state index in [4.69, 9.17) is 4.74 Å². The largest absolute Gasteiger partial charge is 0.426 e. The maximum Gasteiger partial charge on any atom is 0.316 e. The molecule has 0 heterocycles. The summed E-state index contributed by atoms with van der Waals surface area (Å²) in [5, 5.41) is 0.681. The zero-order valence-electron chi connectivity index (χ0n) is 9.21. The molecular formula is C12H15BrO2. The molecule has 0 fully saturated rings. The summed E-state index contributed by atoms with van der Waals surface area (Å²) in [5.74, 6) is 0.421. The van der Waals surface area contributed by atoms with Gasteiger partial charge in [-0.1, -0.05) is 34.1 Å². The highest BCUT2D eigenvalue weighted by Crippen LogP contribution is 2.24. The molecule has 1 rings (SSSR count). The van der Waals surface area contributed by atoms with Crippen molar-refractivity contribution < 1.29 is 9.53 Å². The normalized spacial score (nSPS) is 11.2. The summed E-state index contributed by atoms with van der Waals surface area (Å²) in [6.45, 7) is 5.52. The van der Waals surface area contributed by atoms with Crippen LogP contribution in [0.5, 0.6) is 5.75 Å². The van der Waals surface area contributed by atoms with Gasteiger partial charge in [-0.15, -0.1) is 0 Å². The molecule has 2 nitrogen and oxygen atoms in total. The smallest absolute Gasteiger partial charge is 0.316 e. The van der Waals surface area contributed by atoms with Gasteiger partial charge in [-0.25, -0.2) is 0 Å². The maximum absolute atomic E-state index is 11.7. The van der Waals surface area contributed by atoms with Crippen LogP contribution in [0.25, 0.3) is 0 Å². The average molecular weight is 271 g/mol. The van der Waals surface area contributed by atoms with Crippen LogP contribution in [-0.2, 0) is 10.1 Å². The Hall–Kier alpha value is -0.830. The van der Waals surface area contributed by atoms with Gasteiger partial charge in [-0.05, 0) is 26.8 Å². The number of carbonyl (C=O) groups excluding carboxylic acids is 1. The molecule has 0 saturated heterocycles. The molecule has 0 amide bonds. The Labute approximate surface area is 98.8 Å². The molecule has 0 aromatic heterocycles. The monoisotopic (exact) mass is 270 g/mol. The predicted octanol–water partition coefficient (Wildman–Crippen LogP) is 3.53. The number of alkyl halides is 1. The Balaban J connectivity index is 2.85. The first kappa shape index (κ1) is 12.2. The Morgan fingerprint density at radius 2 is 1.93 bits per heavy atom. The number of benzene rings is 1. The molecule has 3 heteroatoms. The first-order valence-electron chi connectivity index (χ1n) is 4.81. The number of ether oxygens (including phenoxy) is 1. The third kappa shape index (κ3) is 3.34. The number of para-hydroxylation sites is 1. The third-order valence-corrected chi connectivity index (χ3v) is 2.54. The minimum Gasteiger partial charge on any atom is -0.426 e. The van der Waals surface area contributed by atoms with Crippen LogP contribution >= 0.6 is 15.9 Å². The minimum absolute atomic E-state index is 0.212. The molecule has 0 aliphatic heterocycles. The van der Waals surface area contributed by atoms with Crippen molar-refractivity contribution in [3.8, 4) is 5.75 Å². The Bertz CT molecular complexity index is 353. The number of esters is 1. The highest BCUT2D eigenvalue weighted by Gasteiger charge is 2.24. The van der Waals surface area contributed by atoms with Gasteiger partial charge in [0.2, 0.25) is 0 Å². The zero-order valence-corrected chi connectivity index (χ0v) is 10.8. The van der Waals surface area contributed by atoms with Crippen LogP contribution in [0.3, 0.4) is 0 Å². The Morgan fingerprint density at radius 3 is 2.47 bits per heavy atom. The molecule has 82 valence electrons. The summed E-state index contributed by atoms with van der Waals surface area (Å²) >= 11 is 3.36. The molecule has 1 aromatic rings. The van der Waals surface area contributed by atoms with Gasteiger partial charge >= 0.3 is 5.97 Å². The van der Waals surface area contributed by atoms with Crippen LogP contribution in [0.15, 0.2) is 24.3 Å². The average Bonchev–Trinajstić information content (AvgIpc) is 2.17. The van der Waals surface area contributed by atoms with E-state index in [0.29, 0.717) is 11.1 Å². The molecule has 15 heavy (non-hydrogen) atoms. The zero-order chi connectivity index (χ0) is 11.5. The van der Waals surface area contributed by atoms with E-state index in [9.17, 15) is 4.79 Å². The molecule has 0 aliphatic carbocycles. The SMILES string of the molecule is CC(C)(C)C(=O)Oc1ccccc1CBr. The fourth-order valence-corrected chi connectivity index (χ4v) is 1.43. The fourth-order valence-electron chi connectivity index (χ4n) is 0.967. The molecule has 0 radical (unpaired) electrons. The van der Waals surface area contributed by atoms with E-state index in [1.54, 1.807) is 6.07 Å². The summed E-state index contributed by atoms with van der Waals surface area (Å²) in [5.41, 5.74) is 0.509. The summed E-state index contributed by atoms with van der Waals surface area (Å²) < 4.78 is 5.33. The molecule has 0 N–H and O–H groups in total. The summed E-state index contributed by atoms with van der Waals surface area (Å²) in [4.78, 5) is 11.7. The van der Waals surface area contributed by atoms with E-state index < -0.39 is 5.41 Å². The van der Waals surface area contributed by atoms with Crippen molar-refractivity contribution in [3.63, 3.8) is 0 Å². The van der Waals surface area contributed by atoms with Crippen molar-refractivity contribution in [3.05, 3.63) is 29.8 Å². The van der Waals surface area contributed by atoms with Crippen LogP contribution in [0.1, 0.15) is 26.3 Å². The van der Waals surface area contributed by atoms with Crippen LogP contribution < -0.4 is 4.74 Å². The molecule has 0 unspecified atom stereocenters. The van der Waals surface area contributed by atoms with Crippen molar-refractivity contribution in [2.75, 3.05) is 0 Å². The highest BCUT2D eigenvalue weighted by atomic mass is 79.9. The van der Waals surface area contributed by atoms with Gasteiger partial charge in [0.05, 0.1) is 5.41 Å². The fraction of sp³-hybridized carbons (Fsp3) is 0.417. The second-order valence-electron chi connectivity index (χ2n) is 4.38. The van der Waals surface area contributed by atoms with E-state index in [0.717, 1.165) is 5.56 Å². The topological polar surface area (TPSA) is 26.3 Å². The first-order chi connectivity index (χ1) is 6.95. The Morgan fingerprint density at radius 1 is 1.33 bits per heavy atom. The van der Waals surface area contributed by atoms with Crippen molar-refractivity contribution in [1.29, 1.82) is 0 Å². The number of rotatable bonds is 2. The van der Waals surface area contributed by atoms with Crippen molar-refractivity contribution in [2.45, 2.75) is 26.1 Å². The molecular weight excluding hydrogens is 256 g/mol. The minimum atomic E-state index is -0.473. The van der Waals surface area contributed by atoms with Gasteiger partial charge < -0.3 is 4.74 Å². The summed E-state index contributed by atoms with van der Waals surface area (Å²) in [6, 6.07) is 7.52. The highest BCUT2D eigenvalue weighted by molar-refractivity contribution is 9.08. The lowest BCUT2D eigenvalue weighted by atomic mass is 9.97. The predicted molar refractivity (Wildman–Crippen MR) is 64.2 cm³/mol. The third-order valence-electron chi connectivity index (χ3n) is 1.93. The number of halogens is 1. The lowest BCUT2D eigenvalue weighted by Gasteiger charge is -2.17. The van der Waals surface area contributed by atoms with Crippen LogP contribution in [-0.4, -0.2) is 5.97 Å². The van der Waals surface area contributed by atoms with Crippen molar-refractivity contribution >= 4 is 21.9 Å². The first-order valence-corrected chi connectivity index (χ1v) is 5.93. The molecule has 0 saturated carbocycles. The molecule has 0 bridgehead atoms. The second-order valence-corrected chi connectivity index (χ2v) is 4.94. The summed E-state index contributed by atoms with van der Waals surface area (Å²) in [7, 11) is 0. The van der Waals surface area contributed by atoms with E-state index in [-0.39, 0.29) is 5.97 Å². The number of hydrogen-bond donors (Lipinski definition) is 0. The molecule has 1 aromatic carbocycles. The van der Waals surface area contributed by atoms with Gasteiger partial charge in [0.25, 0.3) is 0 Å². The van der Waals surface area contributed by atoms with Gasteiger partial charge in [-0.2, -0.15) is 0 Å². The second kappa shape index (κ2) is 4.79. The van der Waals surface area contributed by atoms with Crippen LogP contribution in [0.4, 0.5) is 0 Å². The molecule has 0 atom stereocenters. The van der Waals surface area contributed by atoms with Crippen molar-refractivity contribution in [1.82, 2.24) is 0 Å². The van der Waals surface area contributed by atoms with E-state index >= 15 is 0 Å². The number of carbonyl (C=O) groups is 1. The quantitative estimate of drug-likeness (QED) is 0.467.